The normalized spacial score (nSPS) is 49.8. The van der Waals surface area contributed by atoms with Gasteiger partial charge in [-0.05, 0) is 86.3 Å². The van der Waals surface area contributed by atoms with Crippen LogP contribution in [0.2, 0.25) is 0 Å². The molecular weight excluding hydrogens is 324 g/mol. The summed E-state index contributed by atoms with van der Waals surface area (Å²) in [5.41, 5.74) is 2.36. The van der Waals surface area contributed by atoms with Crippen molar-refractivity contribution >= 4 is 5.78 Å². The lowest BCUT2D eigenvalue weighted by Gasteiger charge is -2.57. The van der Waals surface area contributed by atoms with Crippen molar-refractivity contribution in [3.8, 4) is 0 Å². The standard InChI is InChI=1S/C23H30O3/c1-3-22-9-6-17-16-5-4-15(24)13-18(16)14(2)12-19(17)20(22)7-10-23(22)11-8-21(25)26-23/h8,11,13,16-17,19-21,25H,2-7,9-10,12H2,1H3/t16-,17?,19?,20?,21?,22+,23-/m1/s1. The van der Waals surface area contributed by atoms with Gasteiger partial charge in [0.2, 0.25) is 0 Å². The van der Waals surface area contributed by atoms with E-state index in [0.717, 1.165) is 25.7 Å². The highest BCUT2D eigenvalue weighted by Crippen LogP contribution is 2.68. The molecule has 4 unspecified atom stereocenters. The van der Waals surface area contributed by atoms with Gasteiger partial charge in [-0.25, -0.2) is 0 Å². The van der Waals surface area contributed by atoms with Crippen LogP contribution in [-0.4, -0.2) is 22.8 Å². The van der Waals surface area contributed by atoms with Gasteiger partial charge in [-0.3, -0.25) is 4.79 Å². The average Bonchev–Trinajstić information content (AvgIpc) is 3.17. The molecule has 3 nitrogen and oxygen atoms in total. The number of aliphatic hydroxyl groups is 1. The van der Waals surface area contributed by atoms with Crippen LogP contribution in [0.5, 0.6) is 0 Å². The highest BCUT2D eigenvalue weighted by atomic mass is 16.6. The van der Waals surface area contributed by atoms with E-state index in [4.69, 9.17) is 4.74 Å². The maximum Gasteiger partial charge on any atom is 0.175 e. The minimum atomic E-state index is -0.741. The van der Waals surface area contributed by atoms with Crippen molar-refractivity contribution in [2.75, 3.05) is 0 Å². The zero-order valence-electron chi connectivity index (χ0n) is 15.7. The van der Waals surface area contributed by atoms with Crippen molar-refractivity contribution in [2.45, 2.75) is 70.2 Å². The topological polar surface area (TPSA) is 46.5 Å². The fourth-order valence-corrected chi connectivity index (χ4v) is 7.67. The first kappa shape index (κ1) is 16.9. The van der Waals surface area contributed by atoms with Gasteiger partial charge in [-0.1, -0.05) is 25.2 Å². The predicted octanol–water partition coefficient (Wildman–Crippen LogP) is 4.33. The third kappa shape index (κ3) is 2.05. The quantitative estimate of drug-likeness (QED) is 0.713. The van der Waals surface area contributed by atoms with E-state index in [9.17, 15) is 9.90 Å². The Bertz CT molecular complexity index is 719. The molecule has 5 aliphatic rings. The van der Waals surface area contributed by atoms with Crippen LogP contribution < -0.4 is 0 Å². The van der Waals surface area contributed by atoms with Crippen LogP contribution in [0, 0.1) is 29.1 Å². The summed E-state index contributed by atoms with van der Waals surface area (Å²) in [6.45, 7) is 6.69. The lowest BCUT2D eigenvalue weighted by atomic mass is 9.49. The Labute approximate surface area is 156 Å². The zero-order valence-corrected chi connectivity index (χ0v) is 15.7. The fourth-order valence-electron chi connectivity index (χ4n) is 7.67. The first-order chi connectivity index (χ1) is 12.5. The van der Waals surface area contributed by atoms with Crippen LogP contribution in [0.4, 0.5) is 0 Å². The van der Waals surface area contributed by atoms with Gasteiger partial charge in [-0.2, -0.15) is 0 Å². The van der Waals surface area contributed by atoms with Crippen LogP contribution >= 0.6 is 0 Å². The molecule has 3 heteroatoms. The first-order valence-corrected chi connectivity index (χ1v) is 10.5. The monoisotopic (exact) mass is 354 g/mol. The van der Waals surface area contributed by atoms with Gasteiger partial charge in [0.1, 0.15) is 0 Å². The van der Waals surface area contributed by atoms with Gasteiger partial charge in [0, 0.05) is 11.8 Å². The van der Waals surface area contributed by atoms with Crippen molar-refractivity contribution in [3.63, 3.8) is 0 Å². The molecule has 1 spiro atoms. The molecule has 1 aliphatic heterocycles. The number of hydrogen-bond acceptors (Lipinski definition) is 3. The molecule has 7 atom stereocenters. The van der Waals surface area contributed by atoms with Crippen molar-refractivity contribution < 1.29 is 14.6 Å². The van der Waals surface area contributed by atoms with Crippen LogP contribution in [0.3, 0.4) is 0 Å². The summed E-state index contributed by atoms with van der Waals surface area (Å²) in [5.74, 6) is 2.80. The Morgan fingerprint density at radius 2 is 2.12 bits per heavy atom. The van der Waals surface area contributed by atoms with Crippen molar-refractivity contribution in [1.29, 1.82) is 0 Å². The third-order valence-corrected chi connectivity index (χ3v) is 8.69. The summed E-state index contributed by atoms with van der Waals surface area (Å²) in [6, 6.07) is 0. The van der Waals surface area contributed by atoms with Crippen molar-refractivity contribution in [2.24, 2.45) is 29.1 Å². The Kier molecular flexibility index (Phi) is 3.68. The third-order valence-electron chi connectivity index (χ3n) is 8.69. The zero-order chi connectivity index (χ0) is 18.1. The average molecular weight is 354 g/mol. The molecule has 0 aromatic heterocycles. The predicted molar refractivity (Wildman–Crippen MR) is 100 cm³/mol. The van der Waals surface area contributed by atoms with Crippen molar-refractivity contribution in [3.05, 3.63) is 36.0 Å². The van der Waals surface area contributed by atoms with E-state index in [0.29, 0.717) is 30.1 Å². The highest BCUT2D eigenvalue weighted by Gasteiger charge is 2.65. The summed E-state index contributed by atoms with van der Waals surface area (Å²) in [7, 11) is 0. The van der Waals surface area contributed by atoms with Crippen LogP contribution in [0.15, 0.2) is 36.0 Å². The maximum absolute atomic E-state index is 11.9. The number of carbonyl (C=O) groups is 1. The van der Waals surface area contributed by atoms with Gasteiger partial charge in [0.25, 0.3) is 0 Å². The van der Waals surface area contributed by atoms with Gasteiger partial charge < -0.3 is 9.84 Å². The van der Waals surface area contributed by atoms with E-state index in [-0.39, 0.29) is 16.8 Å². The number of ether oxygens (including phenoxy) is 1. The summed E-state index contributed by atoms with van der Waals surface area (Å²) < 4.78 is 6.17. The number of fused-ring (bicyclic) bond motifs is 6. The number of allylic oxidation sites excluding steroid dienone is 2. The molecule has 0 aromatic carbocycles. The SMILES string of the molecule is C=C1CC2C(CC[C@@]3(CC)C2CC[C@@]32C=CC(O)O2)[C@H]2CCC(=O)C=C12. The Hall–Kier alpha value is -1.19. The fraction of sp³-hybridized carbons (Fsp3) is 0.696. The van der Waals surface area contributed by atoms with Crippen LogP contribution in [-0.2, 0) is 9.53 Å². The molecule has 140 valence electrons. The number of ketones is 1. The second kappa shape index (κ2) is 5.65. The highest BCUT2D eigenvalue weighted by molar-refractivity contribution is 5.92. The molecule has 0 saturated heterocycles. The van der Waals surface area contributed by atoms with E-state index in [1.54, 1.807) is 0 Å². The molecule has 1 N–H and O–H groups in total. The second-order valence-corrected chi connectivity index (χ2v) is 9.30. The number of rotatable bonds is 1. The van der Waals surface area contributed by atoms with Crippen LogP contribution in [0.25, 0.3) is 0 Å². The summed E-state index contributed by atoms with van der Waals surface area (Å²) in [6.07, 6.45) is 13.7. The molecule has 0 radical (unpaired) electrons. The molecule has 5 rings (SSSR count). The minimum Gasteiger partial charge on any atom is -0.365 e. The molecule has 0 bridgehead atoms. The molecule has 4 aliphatic carbocycles. The molecule has 3 saturated carbocycles. The van der Waals surface area contributed by atoms with Gasteiger partial charge in [-0.15, -0.1) is 0 Å². The van der Waals surface area contributed by atoms with Gasteiger partial charge >= 0.3 is 0 Å². The smallest absolute Gasteiger partial charge is 0.175 e. The van der Waals surface area contributed by atoms with E-state index in [1.807, 2.05) is 12.2 Å². The minimum absolute atomic E-state index is 0.147. The summed E-state index contributed by atoms with van der Waals surface area (Å²) >= 11 is 0. The van der Waals surface area contributed by atoms with E-state index in [2.05, 4.69) is 19.6 Å². The molecule has 1 heterocycles. The maximum atomic E-state index is 11.9. The summed E-state index contributed by atoms with van der Waals surface area (Å²) in [4.78, 5) is 11.9. The molecule has 0 aromatic rings. The largest absolute Gasteiger partial charge is 0.365 e. The number of carbonyl (C=O) groups excluding carboxylic acids is 1. The molecule has 0 amide bonds. The Morgan fingerprint density at radius 1 is 1.27 bits per heavy atom. The van der Waals surface area contributed by atoms with E-state index >= 15 is 0 Å². The Morgan fingerprint density at radius 3 is 2.85 bits per heavy atom. The first-order valence-electron chi connectivity index (χ1n) is 10.5. The van der Waals surface area contributed by atoms with Crippen molar-refractivity contribution in [1.82, 2.24) is 0 Å². The molecule has 3 fully saturated rings. The van der Waals surface area contributed by atoms with Gasteiger partial charge in [0.15, 0.2) is 12.1 Å². The van der Waals surface area contributed by atoms with E-state index in [1.165, 1.54) is 30.4 Å². The second-order valence-electron chi connectivity index (χ2n) is 9.30. The molecular formula is C23H30O3. The number of aliphatic hydroxyl groups excluding tert-OH is 1. The van der Waals surface area contributed by atoms with E-state index < -0.39 is 6.29 Å². The number of hydrogen-bond donors (Lipinski definition) is 1. The Balaban J connectivity index is 1.52. The summed E-state index contributed by atoms with van der Waals surface area (Å²) in [5, 5.41) is 10.0. The lowest BCUT2D eigenvalue weighted by Crippen LogP contribution is -2.54. The lowest BCUT2D eigenvalue weighted by molar-refractivity contribution is -0.187. The molecule has 26 heavy (non-hydrogen) atoms. The van der Waals surface area contributed by atoms with Gasteiger partial charge in [0.05, 0.1) is 5.60 Å². The van der Waals surface area contributed by atoms with Crippen LogP contribution in [0.1, 0.15) is 58.3 Å².